The highest BCUT2D eigenvalue weighted by atomic mass is 16.2. The van der Waals surface area contributed by atoms with Crippen LogP contribution in [0, 0.1) is 19.8 Å². The highest BCUT2D eigenvalue weighted by Crippen LogP contribution is 2.24. The molecule has 0 bridgehead atoms. The third-order valence-corrected chi connectivity index (χ3v) is 4.67. The molecule has 0 aromatic heterocycles. The van der Waals surface area contributed by atoms with E-state index in [0.717, 1.165) is 25.7 Å². The Bertz CT molecular complexity index is 498. The highest BCUT2D eigenvalue weighted by molar-refractivity contribution is 5.79. The Morgan fingerprint density at radius 2 is 1.95 bits per heavy atom. The van der Waals surface area contributed by atoms with Gasteiger partial charge in [0.1, 0.15) is 0 Å². The maximum absolute atomic E-state index is 12.6. The van der Waals surface area contributed by atoms with Crippen molar-refractivity contribution in [1.29, 1.82) is 0 Å². The van der Waals surface area contributed by atoms with Crippen molar-refractivity contribution >= 4 is 5.91 Å². The molecule has 1 aromatic rings. The van der Waals surface area contributed by atoms with Gasteiger partial charge in [-0.15, -0.1) is 0 Å². The molecule has 1 saturated carbocycles. The van der Waals surface area contributed by atoms with Crippen molar-refractivity contribution in [3.8, 4) is 0 Å². The second kappa shape index (κ2) is 7.08. The summed E-state index contributed by atoms with van der Waals surface area (Å²) in [7, 11) is 0. The first-order valence-corrected chi connectivity index (χ1v) is 8.12. The molecule has 0 spiro atoms. The molecule has 3 N–H and O–H groups in total. The van der Waals surface area contributed by atoms with Crippen LogP contribution in [0.2, 0.25) is 0 Å². The standard InChI is InChI=1S/C18H28N2O/c1-12-9-10-13(2)16(11-12)14(3)20-18(21)15-7-5-4-6-8-17(15)19/h9-11,14-15,17H,4-8,19H2,1-3H3,(H,20,21). The second-order valence-electron chi connectivity index (χ2n) is 6.50. The van der Waals surface area contributed by atoms with Crippen LogP contribution >= 0.6 is 0 Å². The van der Waals surface area contributed by atoms with Gasteiger partial charge < -0.3 is 11.1 Å². The molecule has 1 amide bonds. The van der Waals surface area contributed by atoms with Crippen molar-refractivity contribution in [3.05, 3.63) is 34.9 Å². The number of amides is 1. The summed E-state index contributed by atoms with van der Waals surface area (Å²) < 4.78 is 0. The van der Waals surface area contributed by atoms with Crippen LogP contribution in [-0.4, -0.2) is 11.9 Å². The van der Waals surface area contributed by atoms with Crippen molar-refractivity contribution in [3.63, 3.8) is 0 Å². The van der Waals surface area contributed by atoms with Gasteiger partial charge in [-0.05, 0) is 44.7 Å². The van der Waals surface area contributed by atoms with Gasteiger partial charge in [0.05, 0.1) is 12.0 Å². The van der Waals surface area contributed by atoms with E-state index in [2.05, 4.69) is 44.3 Å². The predicted molar refractivity (Wildman–Crippen MR) is 87.0 cm³/mol. The summed E-state index contributed by atoms with van der Waals surface area (Å²) in [5, 5.41) is 3.17. The summed E-state index contributed by atoms with van der Waals surface area (Å²) >= 11 is 0. The Kier molecular flexibility index (Phi) is 5.40. The number of benzene rings is 1. The number of hydrogen-bond donors (Lipinski definition) is 2. The van der Waals surface area contributed by atoms with Crippen molar-refractivity contribution in [2.24, 2.45) is 11.7 Å². The molecular formula is C18H28N2O. The van der Waals surface area contributed by atoms with Gasteiger partial charge in [0, 0.05) is 6.04 Å². The third-order valence-electron chi connectivity index (χ3n) is 4.67. The third kappa shape index (κ3) is 4.07. The molecule has 3 unspecified atom stereocenters. The topological polar surface area (TPSA) is 55.1 Å². The van der Waals surface area contributed by atoms with Crippen LogP contribution in [0.15, 0.2) is 18.2 Å². The molecule has 1 aromatic carbocycles. The number of nitrogens with one attached hydrogen (secondary N) is 1. The maximum Gasteiger partial charge on any atom is 0.225 e. The lowest BCUT2D eigenvalue weighted by Gasteiger charge is -2.24. The lowest BCUT2D eigenvalue weighted by molar-refractivity contribution is -0.126. The number of rotatable bonds is 3. The first-order chi connectivity index (χ1) is 9.99. The molecule has 2 rings (SSSR count). The van der Waals surface area contributed by atoms with E-state index in [-0.39, 0.29) is 23.9 Å². The number of aryl methyl sites for hydroxylation is 2. The molecule has 3 nitrogen and oxygen atoms in total. The summed E-state index contributed by atoms with van der Waals surface area (Å²) in [5.41, 5.74) is 9.83. The van der Waals surface area contributed by atoms with E-state index in [0.29, 0.717) is 0 Å². The first-order valence-electron chi connectivity index (χ1n) is 8.12. The molecule has 0 radical (unpaired) electrons. The van der Waals surface area contributed by atoms with Gasteiger partial charge in [-0.2, -0.15) is 0 Å². The van der Waals surface area contributed by atoms with Gasteiger partial charge in [-0.1, -0.05) is 43.0 Å². The quantitative estimate of drug-likeness (QED) is 0.838. The minimum absolute atomic E-state index is 0.0123. The van der Waals surface area contributed by atoms with Crippen LogP contribution in [0.3, 0.4) is 0 Å². The molecule has 1 fully saturated rings. The lowest BCUT2D eigenvalue weighted by Crippen LogP contribution is -2.42. The van der Waals surface area contributed by atoms with E-state index < -0.39 is 0 Å². The Morgan fingerprint density at radius 1 is 1.24 bits per heavy atom. The predicted octanol–water partition coefficient (Wildman–Crippen LogP) is 3.39. The molecule has 1 aliphatic rings. The van der Waals surface area contributed by atoms with Crippen LogP contribution in [0.5, 0.6) is 0 Å². The van der Waals surface area contributed by atoms with E-state index in [9.17, 15) is 4.79 Å². The summed E-state index contributed by atoms with van der Waals surface area (Å²) in [4.78, 5) is 12.6. The fourth-order valence-corrected chi connectivity index (χ4v) is 3.29. The van der Waals surface area contributed by atoms with E-state index in [1.54, 1.807) is 0 Å². The zero-order valence-corrected chi connectivity index (χ0v) is 13.5. The van der Waals surface area contributed by atoms with E-state index in [1.807, 2.05) is 0 Å². The average Bonchev–Trinajstić information content (AvgIpc) is 2.66. The smallest absolute Gasteiger partial charge is 0.225 e. The normalized spacial score (nSPS) is 24.2. The zero-order valence-electron chi connectivity index (χ0n) is 13.5. The molecule has 3 heteroatoms. The van der Waals surface area contributed by atoms with E-state index in [4.69, 9.17) is 5.73 Å². The van der Waals surface area contributed by atoms with Crippen molar-refractivity contribution in [2.45, 2.75) is 65.0 Å². The van der Waals surface area contributed by atoms with Gasteiger partial charge in [-0.25, -0.2) is 0 Å². The number of hydrogen-bond acceptors (Lipinski definition) is 2. The first kappa shape index (κ1) is 16.0. The fourth-order valence-electron chi connectivity index (χ4n) is 3.29. The minimum Gasteiger partial charge on any atom is -0.349 e. The Labute approximate surface area is 128 Å². The van der Waals surface area contributed by atoms with Gasteiger partial charge in [0.15, 0.2) is 0 Å². The monoisotopic (exact) mass is 288 g/mol. The van der Waals surface area contributed by atoms with Crippen LogP contribution in [0.25, 0.3) is 0 Å². The van der Waals surface area contributed by atoms with Gasteiger partial charge in [-0.3, -0.25) is 4.79 Å². The molecule has 0 saturated heterocycles. The fraction of sp³-hybridized carbons (Fsp3) is 0.611. The summed E-state index contributed by atoms with van der Waals surface area (Å²) in [6.45, 7) is 6.23. The van der Waals surface area contributed by atoms with Crippen molar-refractivity contribution < 1.29 is 4.79 Å². The van der Waals surface area contributed by atoms with E-state index in [1.165, 1.54) is 23.1 Å². The number of carbonyl (C=O) groups is 1. The zero-order chi connectivity index (χ0) is 15.4. The number of nitrogens with two attached hydrogens (primary N) is 1. The van der Waals surface area contributed by atoms with E-state index >= 15 is 0 Å². The van der Waals surface area contributed by atoms with Gasteiger partial charge in [0.2, 0.25) is 5.91 Å². The Hall–Kier alpha value is -1.35. The molecule has 21 heavy (non-hydrogen) atoms. The SMILES string of the molecule is Cc1ccc(C)c(C(C)NC(=O)C2CCCCCC2N)c1. The van der Waals surface area contributed by atoms with Gasteiger partial charge in [0.25, 0.3) is 0 Å². The minimum atomic E-state index is -0.0277. The van der Waals surface area contributed by atoms with Crippen LogP contribution in [-0.2, 0) is 4.79 Å². The summed E-state index contributed by atoms with van der Waals surface area (Å²) in [6.07, 6.45) is 5.35. The molecule has 116 valence electrons. The Balaban J connectivity index is 2.05. The van der Waals surface area contributed by atoms with Crippen LogP contribution < -0.4 is 11.1 Å². The van der Waals surface area contributed by atoms with Crippen molar-refractivity contribution in [2.75, 3.05) is 0 Å². The molecule has 0 aliphatic heterocycles. The maximum atomic E-state index is 12.6. The highest BCUT2D eigenvalue weighted by Gasteiger charge is 2.28. The van der Waals surface area contributed by atoms with Crippen LogP contribution in [0.1, 0.15) is 61.8 Å². The largest absolute Gasteiger partial charge is 0.349 e. The Morgan fingerprint density at radius 3 is 2.71 bits per heavy atom. The summed E-state index contributed by atoms with van der Waals surface area (Å²) in [5.74, 6) is 0.0953. The number of carbonyl (C=O) groups excluding carboxylic acids is 1. The van der Waals surface area contributed by atoms with Crippen LogP contribution in [0.4, 0.5) is 0 Å². The lowest BCUT2D eigenvalue weighted by atomic mass is 9.93. The average molecular weight is 288 g/mol. The molecule has 0 heterocycles. The molecule has 1 aliphatic carbocycles. The van der Waals surface area contributed by atoms with Crippen molar-refractivity contribution in [1.82, 2.24) is 5.32 Å². The second-order valence-corrected chi connectivity index (χ2v) is 6.50. The summed E-state index contributed by atoms with van der Waals surface area (Å²) in [6, 6.07) is 6.43. The molecular weight excluding hydrogens is 260 g/mol. The molecule has 3 atom stereocenters. The van der Waals surface area contributed by atoms with Gasteiger partial charge >= 0.3 is 0 Å².